The first-order chi connectivity index (χ1) is 26.1. The van der Waals surface area contributed by atoms with Gasteiger partial charge in [0.2, 0.25) is 5.91 Å². The van der Waals surface area contributed by atoms with Crippen LogP contribution in [0.2, 0.25) is 0 Å². The van der Waals surface area contributed by atoms with E-state index in [2.05, 4.69) is 62.1 Å². The Morgan fingerprint density at radius 3 is 2.00 bits per heavy atom. The van der Waals surface area contributed by atoms with Crippen molar-refractivity contribution in [3.05, 3.63) is 124 Å². The number of carbonyl (C=O) groups excluding carboxylic acids is 2. The van der Waals surface area contributed by atoms with Crippen molar-refractivity contribution >= 4 is 29.1 Å². The summed E-state index contributed by atoms with van der Waals surface area (Å²) in [6.45, 7) is 13.5. The topological polar surface area (TPSA) is 151 Å². The normalized spacial score (nSPS) is 13.4. The van der Waals surface area contributed by atoms with E-state index in [-0.39, 0.29) is 17.3 Å². The average molecular weight is 763 g/mol. The molecule has 0 fully saturated rings. The van der Waals surface area contributed by atoms with Crippen LogP contribution in [-0.4, -0.2) is 56.7 Å². The number of ether oxygens (including phenoxy) is 1. The molecule has 4 N–H and O–H groups in total. The van der Waals surface area contributed by atoms with Gasteiger partial charge in [-0.15, -0.1) is 11.3 Å². The third-order valence-corrected chi connectivity index (χ3v) is 10.6. The van der Waals surface area contributed by atoms with Gasteiger partial charge in [-0.3, -0.25) is 9.59 Å². The van der Waals surface area contributed by atoms with Crippen LogP contribution in [0.3, 0.4) is 0 Å². The van der Waals surface area contributed by atoms with Crippen LogP contribution in [0.5, 0.6) is 5.75 Å². The number of carboxylic acid groups (broad SMARTS) is 1. The molecular weight excluding hydrogens is 713 g/mol. The summed E-state index contributed by atoms with van der Waals surface area (Å²) in [5, 5.41) is 26.2. The number of aliphatic hydroxyl groups excluding tert-OH is 1. The Labute approximate surface area is 327 Å². The fourth-order valence-electron chi connectivity index (χ4n) is 5.86. The standard InChI is InChI=1S/C44H50N4O6S/c1-43(2,3)23-10-24-54-33-19-17-29(18-20-33)32-26-45-39(46-27-32)31-15-13-28(14-16-31)25-34(47-41(51)35-21-22-36(55-35)44(4,5)6)40(50)48-37(42(52)53)38(49)30-11-8-7-9-12-30/h7-9,11-22,26-27,34,37-38,49H,10,23-25H2,1-6H3,(H,47,51)(H,48,50)(H,52,53)/t34-,37?,38?/m0/s1. The van der Waals surface area contributed by atoms with E-state index in [1.165, 1.54) is 11.3 Å². The molecule has 3 atom stereocenters. The fourth-order valence-corrected chi connectivity index (χ4v) is 6.83. The smallest absolute Gasteiger partial charge is 0.329 e. The van der Waals surface area contributed by atoms with Gasteiger partial charge >= 0.3 is 5.97 Å². The van der Waals surface area contributed by atoms with Crippen LogP contribution < -0.4 is 15.4 Å². The molecule has 0 bridgehead atoms. The van der Waals surface area contributed by atoms with Gasteiger partial charge in [-0.25, -0.2) is 14.8 Å². The van der Waals surface area contributed by atoms with Crippen LogP contribution in [0.4, 0.5) is 0 Å². The quantitative estimate of drug-likeness (QED) is 0.0784. The number of carbonyl (C=O) groups is 3. The Balaban J connectivity index is 1.28. The number of aliphatic hydroxyl groups is 1. The van der Waals surface area contributed by atoms with Gasteiger partial charge in [0.1, 0.15) is 17.9 Å². The molecule has 11 heteroatoms. The summed E-state index contributed by atoms with van der Waals surface area (Å²) in [6.07, 6.45) is 4.17. The fraction of sp³-hybridized carbons (Fsp3) is 0.341. The third-order valence-electron chi connectivity index (χ3n) is 9.04. The number of carboxylic acids is 1. The maximum Gasteiger partial charge on any atom is 0.329 e. The van der Waals surface area contributed by atoms with Crippen molar-refractivity contribution in [1.29, 1.82) is 0 Å². The Hall–Kier alpha value is -5.39. The number of aromatic nitrogens is 2. The lowest BCUT2D eigenvalue weighted by Crippen LogP contribution is -2.54. The molecule has 0 aliphatic heterocycles. The van der Waals surface area contributed by atoms with Crippen LogP contribution in [0.15, 0.2) is 103 Å². The van der Waals surface area contributed by atoms with Crippen molar-refractivity contribution in [1.82, 2.24) is 20.6 Å². The highest BCUT2D eigenvalue weighted by Gasteiger charge is 2.33. The number of aliphatic carboxylic acids is 1. The minimum Gasteiger partial charge on any atom is -0.494 e. The minimum atomic E-state index is -1.65. The first-order valence-corrected chi connectivity index (χ1v) is 19.2. The summed E-state index contributed by atoms with van der Waals surface area (Å²) in [6, 6.07) is 24.2. The molecule has 5 aromatic rings. The molecule has 0 saturated heterocycles. The molecule has 5 rings (SSSR count). The SMILES string of the molecule is CC(C)(C)CCCOc1ccc(-c2cnc(-c3ccc(C[C@H](NC(=O)c4ccc(C(C)(C)C)s4)C(=O)NC(C(=O)O)C(O)c4ccccc4)cc3)nc2)cc1. The van der Waals surface area contributed by atoms with E-state index in [4.69, 9.17) is 4.74 Å². The van der Waals surface area contributed by atoms with Gasteiger partial charge in [0.05, 0.1) is 11.5 Å². The minimum absolute atomic E-state index is 0.0548. The second-order valence-electron chi connectivity index (χ2n) is 15.9. The van der Waals surface area contributed by atoms with E-state index in [0.717, 1.165) is 40.2 Å². The summed E-state index contributed by atoms with van der Waals surface area (Å²) in [5.74, 6) is -1.28. The summed E-state index contributed by atoms with van der Waals surface area (Å²) in [7, 11) is 0. The Bertz CT molecular complexity index is 2030. The first kappa shape index (κ1) is 40.8. The van der Waals surface area contributed by atoms with E-state index < -0.39 is 36.0 Å². The number of hydrogen-bond donors (Lipinski definition) is 4. The highest BCUT2D eigenvalue weighted by atomic mass is 32.1. The van der Waals surface area contributed by atoms with Gasteiger partial charge in [-0.1, -0.05) is 108 Å². The lowest BCUT2D eigenvalue weighted by atomic mass is 9.91. The van der Waals surface area contributed by atoms with Crippen molar-refractivity contribution in [3.63, 3.8) is 0 Å². The molecular formula is C44H50N4O6S. The summed E-state index contributed by atoms with van der Waals surface area (Å²) < 4.78 is 5.91. The molecule has 2 heterocycles. The molecule has 2 amide bonds. The number of rotatable bonds is 15. The Morgan fingerprint density at radius 1 is 0.782 bits per heavy atom. The Morgan fingerprint density at radius 2 is 1.42 bits per heavy atom. The lowest BCUT2D eigenvalue weighted by molar-refractivity contribution is -0.145. The van der Waals surface area contributed by atoms with Crippen molar-refractivity contribution in [2.45, 2.75) is 84.4 Å². The second kappa shape index (κ2) is 17.8. The monoisotopic (exact) mass is 762 g/mol. The van der Waals surface area contributed by atoms with Crippen molar-refractivity contribution < 1.29 is 29.3 Å². The number of amides is 2. The molecule has 2 unspecified atom stereocenters. The van der Waals surface area contributed by atoms with Gasteiger partial charge in [0, 0.05) is 34.8 Å². The van der Waals surface area contributed by atoms with Crippen LogP contribution in [0, 0.1) is 5.41 Å². The van der Waals surface area contributed by atoms with Crippen LogP contribution >= 0.6 is 11.3 Å². The van der Waals surface area contributed by atoms with Gasteiger partial charge in [-0.05, 0) is 64.6 Å². The largest absolute Gasteiger partial charge is 0.494 e. The number of hydrogen-bond acceptors (Lipinski definition) is 8. The zero-order valence-corrected chi connectivity index (χ0v) is 33.0. The van der Waals surface area contributed by atoms with Crippen LogP contribution in [0.1, 0.15) is 86.2 Å². The highest BCUT2D eigenvalue weighted by molar-refractivity contribution is 7.14. The molecule has 10 nitrogen and oxygen atoms in total. The lowest BCUT2D eigenvalue weighted by Gasteiger charge is -2.24. The van der Waals surface area contributed by atoms with E-state index >= 15 is 0 Å². The second-order valence-corrected chi connectivity index (χ2v) is 16.9. The van der Waals surface area contributed by atoms with E-state index in [0.29, 0.717) is 28.4 Å². The summed E-state index contributed by atoms with van der Waals surface area (Å²) in [5.41, 5.74) is 3.74. The van der Waals surface area contributed by atoms with Gasteiger partial charge in [-0.2, -0.15) is 0 Å². The molecule has 0 aliphatic rings. The number of benzene rings is 3. The Kier molecular flexibility index (Phi) is 13.2. The molecule has 0 saturated carbocycles. The predicted octanol–water partition coefficient (Wildman–Crippen LogP) is 8.02. The van der Waals surface area contributed by atoms with E-state index in [9.17, 15) is 24.6 Å². The number of nitrogens with zero attached hydrogens (tertiary/aromatic N) is 2. The molecule has 2 aromatic heterocycles. The predicted molar refractivity (Wildman–Crippen MR) is 216 cm³/mol. The van der Waals surface area contributed by atoms with Crippen molar-refractivity contribution in [2.24, 2.45) is 5.41 Å². The zero-order chi connectivity index (χ0) is 39.8. The molecule has 0 aliphatic carbocycles. The van der Waals surface area contributed by atoms with Crippen molar-refractivity contribution in [2.75, 3.05) is 6.61 Å². The summed E-state index contributed by atoms with van der Waals surface area (Å²) in [4.78, 5) is 50.1. The van der Waals surface area contributed by atoms with Gasteiger partial charge < -0.3 is 25.6 Å². The van der Waals surface area contributed by atoms with E-state index in [1.54, 1.807) is 48.8 Å². The third kappa shape index (κ3) is 11.6. The molecule has 0 radical (unpaired) electrons. The molecule has 3 aromatic carbocycles. The molecule has 0 spiro atoms. The van der Waals surface area contributed by atoms with E-state index in [1.807, 2.05) is 54.6 Å². The summed E-state index contributed by atoms with van der Waals surface area (Å²) >= 11 is 1.34. The van der Waals surface area contributed by atoms with Gasteiger partial charge in [0.25, 0.3) is 5.91 Å². The molecule has 55 heavy (non-hydrogen) atoms. The van der Waals surface area contributed by atoms with Crippen LogP contribution in [0.25, 0.3) is 22.5 Å². The maximum absolute atomic E-state index is 13.8. The first-order valence-electron chi connectivity index (χ1n) is 18.4. The highest BCUT2D eigenvalue weighted by Crippen LogP contribution is 2.30. The average Bonchev–Trinajstić information content (AvgIpc) is 3.68. The van der Waals surface area contributed by atoms with Crippen molar-refractivity contribution in [3.8, 4) is 28.3 Å². The number of nitrogens with one attached hydrogen (secondary N) is 2. The van der Waals surface area contributed by atoms with Gasteiger partial charge in [0.15, 0.2) is 11.9 Å². The zero-order valence-electron chi connectivity index (χ0n) is 32.2. The maximum atomic E-state index is 13.8. The van der Waals surface area contributed by atoms with Crippen LogP contribution in [-0.2, 0) is 21.4 Å². The molecule has 288 valence electrons. The number of thiophene rings is 1.